The molecular formula is C21H25NO6. The van der Waals surface area contributed by atoms with E-state index in [1.807, 2.05) is 31.2 Å². The third-order valence-corrected chi connectivity index (χ3v) is 3.63. The fourth-order valence-electron chi connectivity index (χ4n) is 2.31. The average molecular weight is 387 g/mol. The van der Waals surface area contributed by atoms with Crippen LogP contribution in [0.25, 0.3) is 10.8 Å². The van der Waals surface area contributed by atoms with Crippen molar-refractivity contribution in [3.63, 3.8) is 0 Å². The predicted molar refractivity (Wildman–Crippen MR) is 106 cm³/mol. The summed E-state index contributed by atoms with van der Waals surface area (Å²) in [5.74, 6) is 0.799. The van der Waals surface area contributed by atoms with Crippen molar-refractivity contribution in [3.05, 3.63) is 48.6 Å². The molecule has 0 unspecified atom stereocenters. The summed E-state index contributed by atoms with van der Waals surface area (Å²) in [6, 6.07) is 11.1. The largest absolute Gasteiger partial charge is 0.494 e. The normalized spacial score (nSPS) is 10.4. The van der Waals surface area contributed by atoms with Crippen LogP contribution in [0.3, 0.4) is 0 Å². The minimum atomic E-state index is -0.567. The van der Waals surface area contributed by atoms with E-state index < -0.39 is 12.1 Å². The molecule has 0 bridgehead atoms. The van der Waals surface area contributed by atoms with E-state index in [1.54, 1.807) is 19.1 Å². The molecule has 0 spiro atoms. The van der Waals surface area contributed by atoms with Gasteiger partial charge in [-0.05, 0) is 48.9 Å². The first kappa shape index (κ1) is 21.2. The van der Waals surface area contributed by atoms with E-state index in [4.69, 9.17) is 18.9 Å². The maximum absolute atomic E-state index is 11.9. The van der Waals surface area contributed by atoms with Crippen LogP contribution in [-0.2, 0) is 14.3 Å². The number of hydrogen-bond donors (Lipinski definition) is 1. The van der Waals surface area contributed by atoms with Crippen molar-refractivity contribution in [2.45, 2.75) is 13.8 Å². The van der Waals surface area contributed by atoms with Gasteiger partial charge in [-0.15, -0.1) is 0 Å². The number of carbonyl (C=O) groups excluding carboxylic acids is 2. The zero-order valence-corrected chi connectivity index (χ0v) is 16.2. The molecule has 0 radical (unpaired) electrons. The second-order valence-corrected chi connectivity index (χ2v) is 5.95. The van der Waals surface area contributed by atoms with Crippen LogP contribution in [0.2, 0.25) is 0 Å². The summed E-state index contributed by atoms with van der Waals surface area (Å²) in [5, 5.41) is 4.54. The molecule has 0 aliphatic rings. The Balaban J connectivity index is 1.69. The number of ether oxygens (including phenoxy) is 4. The number of rotatable bonds is 10. The van der Waals surface area contributed by atoms with Gasteiger partial charge in [0.25, 0.3) is 0 Å². The average Bonchev–Trinajstić information content (AvgIpc) is 2.67. The van der Waals surface area contributed by atoms with Crippen LogP contribution in [0.4, 0.5) is 4.79 Å². The molecule has 7 heteroatoms. The maximum Gasteiger partial charge on any atom is 0.412 e. The van der Waals surface area contributed by atoms with Gasteiger partial charge in [0.1, 0.15) is 18.1 Å². The van der Waals surface area contributed by atoms with Crippen molar-refractivity contribution in [1.29, 1.82) is 0 Å². The fraction of sp³-hybridized carbons (Fsp3) is 0.333. The van der Waals surface area contributed by atoms with Crippen molar-refractivity contribution >= 4 is 22.8 Å². The molecule has 28 heavy (non-hydrogen) atoms. The third kappa shape index (κ3) is 6.92. The summed E-state index contributed by atoms with van der Waals surface area (Å²) >= 11 is 0. The second kappa shape index (κ2) is 10.9. The quantitative estimate of drug-likeness (QED) is 0.382. The lowest BCUT2D eigenvalue weighted by molar-refractivity contribution is -0.140. The minimum Gasteiger partial charge on any atom is -0.494 e. The van der Waals surface area contributed by atoms with Crippen molar-refractivity contribution in [3.8, 4) is 11.5 Å². The lowest BCUT2D eigenvalue weighted by Crippen LogP contribution is -2.30. The maximum atomic E-state index is 11.9. The van der Waals surface area contributed by atoms with E-state index in [9.17, 15) is 9.59 Å². The first-order chi connectivity index (χ1) is 13.5. The molecule has 7 nitrogen and oxygen atoms in total. The van der Waals surface area contributed by atoms with Gasteiger partial charge in [-0.3, -0.25) is 0 Å². The Morgan fingerprint density at radius 2 is 1.68 bits per heavy atom. The van der Waals surface area contributed by atoms with E-state index in [2.05, 4.69) is 11.9 Å². The molecule has 2 rings (SSSR count). The van der Waals surface area contributed by atoms with Crippen LogP contribution in [0.5, 0.6) is 11.5 Å². The first-order valence-corrected chi connectivity index (χ1v) is 9.02. The zero-order chi connectivity index (χ0) is 20.4. The summed E-state index contributed by atoms with van der Waals surface area (Å²) in [7, 11) is 0. The van der Waals surface area contributed by atoms with E-state index in [-0.39, 0.29) is 26.4 Å². The molecule has 1 N–H and O–H groups in total. The van der Waals surface area contributed by atoms with E-state index in [1.165, 1.54) is 0 Å². The Kier molecular flexibility index (Phi) is 8.30. The molecule has 2 aromatic rings. The van der Waals surface area contributed by atoms with Gasteiger partial charge >= 0.3 is 12.1 Å². The van der Waals surface area contributed by atoms with Crippen LogP contribution in [0.15, 0.2) is 48.6 Å². The first-order valence-electron chi connectivity index (χ1n) is 9.02. The molecular weight excluding hydrogens is 362 g/mol. The standard InChI is InChI=1S/C21H25NO6/c1-4-26-18-7-5-17-14-19(8-6-16(17)13-18)28-21(24)22-9-10-25-11-12-27-20(23)15(2)3/h5-8,13-14H,2,4,9-12H2,1,3H3,(H,22,24). The highest BCUT2D eigenvalue weighted by Crippen LogP contribution is 2.25. The van der Waals surface area contributed by atoms with Crippen molar-refractivity contribution in [2.75, 3.05) is 33.0 Å². The van der Waals surface area contributed by atoms with Crippen molar-refractivity contribution in [2.24, 2.45) is 0 Å². The fourth-order valence-corrected chi connectivity index (χ4v) is 2.31. The molecule has 0 heterocycles. The monoisotopic (exact) mass is 387 g/mol. The number of esters is 1. The molecule has 0 aliphatic carbocycles. The molecule has 150 valence electrons. The highest BCUT2D eigenvalue weighted by Gasteiger charge is 2.06. The highest BCUT2D eigenvalue weighted by molar-refractivity contribution is 5.87. The minimum absolute atomic E-state index is 0.137. The van der Waals surface area contributed by atoms with Crippen LogP contribution in [0.1, 0.15) is 13.8 Å². The SMILES string of the molecule is C=C(C)C(=O)OCCOCCNC(=O)Oc1ccc2cc(OCC)ccc2c1. The number of amides is 1. The molecule has 2 aromatic carbocycles. The van der Waals surface area contributed by atoms with Gasteiger partial charge in [0.2, 0.25) is 0 Å². The summed E-state index contributed by atoms with van der Waals surface area (Å²) < 4.78 is 20.9. The molecule has 0 saturated heterocycles. The highest BCUT2D eigenvalue weighted by atomic mass is 16.6. The second-order valence-electron chi connectivity index (χ2n) is 5.95. The summed E-state index contributed by atoms with van der Waals surface area (Å²) in [6.45, 7) is 8.53. The van der Waals surface area contributed by atoms with Gasteiger partial charge in [0, 0.05) is 12.1 Å². The number of nitrogens with one attached hydrogen (secondary N) is 1. The number of fused-ring (bicyclic) bond motifs is 1. The van der Waals surface area contributed by atoms with Gasteiger partial charge in [-0.25, -0.2) is 9.59 Å². The smallest absolute Gasteiger partial charge is 0.412 e. The Morgan fingerprint density at radius 1 is 1.00 bits per heavy atom. The molecule has 1 amide bonds. The third-order valence-electron chi connectivity index (χ3n) is 3.63. The van der Waals surface area contributed by atoms with Gasteiger partial charge in [0.05, 0.1) is 19.8 Å². The van der Waals surface area contributed by atoms with E-state index in [0.717, 1.165) is 16.5 Å². The Bertz CT molecular complexity index is 833. The van der Waals surface area contributed by atoms with Gasteiger partial charge in [-0.2, -0.15) is 0 Å². The Hall–Kier alpha value is -3.06. The van der Waals surface area contributed by atoms with Crippen LogP contribution >= 0.6 is 0 Å². The summed E-state index contributed by atoms with van der Waals surface area (Å²) in [4.78, 5) is 23.0. The van der Waals surface area contributed by atoms with E-state index in [0.29, 0.717) is 17.9 Å². The number of benzene rings is 2. The Labute approximate surface area is 164 Å². The van der Waals surface area contributed by atoms with Crippen LogP contribution in [0, 0.1) is 0 Å². The summed E-state index contributed by atoms with van der Waals surface area (Å²) in [5.41, 5.74) is 0.341. The molecule has 0 aliphatic heterocycles. The van der Waals surface area contributed by atoms with Gasteiger partial charge in [0.15, 0.2) is 0 Å². The number of hydrogen-bond acceptors (Lipinski definition) is 6. The van der Waals surface area contributed by atoms with Crippen molar-refractivity contribution < 1.29 is 28.5 Å². The van der Waals surface area contributed by atoms with Crippen LogP contribution < -0.4 is 14.8 Å². The van der Waals surface area contributed by atoms with E-state index >= 15 is 0 Å². The predicted octanol–water partition coefficient (Wildman–Crippen LogP) is 3.46. The van der Waals surface area contributed by atoms with Gasteiger partial charge < -0.3 is 24.3 Å². The molecule has 0 saturated carbocycles. The topological polar surface area (TPSA) is 83.1 Å². The molecule has 0 aromatic heterocycles. The van der Waals surface area contributed by atoms with Gasteiger partial charge in [-0.1, -0.05) is 18.7 Å². The lowest BCUT2D eigenvalue weighted by Gasteiger charge is -2.09. The van der Waals surface area contributed by atoms with Crippen molar-refractivity contribution in [1.82, 2.24) is 5.32 Å². The molecule has 0 atom stereocenters. The van der Waals surface area contributed by atoms with Crippen LogP contribution in [-0.4, -0.2) is 45.0 Å². The lowest BCUT2D eigenvalue weighted by atomic mass is 10.1. The number of carbonyl (C=O) groups is 2. The zero-order valence-electron chi connectivity index (χ0n) is 16.2. The molecule has 0 fully saturated rings. The Morgan fingerprint density at radius 3 is 2.36 bits per heavy atom. The summed E-state index contributed by atoms with van der Waals surface area (Å²) in [6.07, 6.45) is -0.567.